The molecule has 3 N–H and O–H groups in total. The van der Waals surface area contributed by atoms with Crippen molar-refractivity contribution in [3.63, 3.8) is 0 Å². The van der Waals surface area contributed by atoms with Gasteiger partial charge < -0.3 is 15.3 Å². The first-order valence-electron chi connectivity index (χ1n) is 8.06. The van der Waals surface area contributed by atoms with E-state index in [0.717, 1.165) is 32.1 Å². The highest BCUT2D eigenvalue weighted by atomic mass is 19.1. The molecule has 23 heavy (non-hydrogen) atoms. The highest BCUT2D eigenvalue weighted by Crippen LogP contribution is 2.27. The highest BCUT2D eigenvalue weighted by Gasteiger charge is 2.33. The van der Waals surface area contributed by atoms with Gasteiger partial charge in [0.15, 0.2) is 0 Å². The van der Waals surface area contributed by atoms with E-state index in [9.17, 15) is 28.5 Å². The molecule has 0 radical (unpaired) electrons. The third-order valence-corrected chi connectivity index (χ3v) is 4.01. The summed E-state index contributed by atoms with van der Waals surface area (Å²) in [6.45, 7) is 2.10. The summed E-state index contributed by atoms with van der Waals surface area (Å²) in [7, 11) is 0. The minimum atomic E-state index is -3.03. The van der Waals surface area contributed by atoms with E-state index in [-0.39, 0.29) is 6.42 Å². The molecule has 0 aliphatic carbocycles. The average Bonchev–Trinajstić information content (AvgIpc) is 2.42. The third-order valence-electron chi connectivity index (χ3n) is 4.01. The third kappa shape index (κ3) is 6.89. The fraction of sp³-hybridized carbons (Fsp3) is 0.647. The largest absolute Gasteiger partial charge is 0.343 e. The van der Waals surface area contributed by atoms with Gasteiger partial charge in [0.05, 0.1) is 0 Å². The smallest absolute Gasteiger partial charge is 0.278 e. The first-order valence-corrected chi connectivity index (χ1v) is 8.06. The molecule has 1 rings (SSSR count). The second kappa shape index (κ2) is 9.25. The molecule has 0 fully saturated rings. The van der Waals surface area contributed by atoms with Crippen molar-refractivity contribution in [2.45, 2.75) is 64.3 Å². The number of aliphatic hydroxyl groups is 3. The molecule has 6 heteroatoms. The van der Waals surface area contributed by atoms with E-state index in [1.165, 1.54) is 0 Å². The van der Waals surface area contributed by atoms with Crippen molar-refractivity contribution in [2.75, 3.05) is 0 Å². The van der Waals surface area contributed by atoms with Crippen molar-refractivity contribution in [3.05, 3.63) is 35.1 Å². The molecule has 0 spiro atoms. The summed E-state index contributed by atoms with van der Waals surface area (Å²) in [5.74, 6) is -7.42. The van der Waals surface area contributed by atoms with Gasteiger partial charge in [-0.15, -0.1) is 0 Å². The molecule has 0 heterocycles. The summed E-state index contributed by atoms with van der Waals surface area (Å²) in [6, 6.07) is 1.07. The van der Waals surface area contributed by atoms with Gasteiger partial charge in [-0.05, 0) is 12.8 Å². The van der Waals surface area contributed by atoms with Gasteiger partial charge in [-0.1, -0.05) is 45.4 Å². The molecule has 1 aromatic carbocycles. The van der Waals surface area contributed by atoms with Crippen LogP contribution in [0.25, 0.3) is 0 Å². The molecule has 0 aliphatic rings. The quantitative estimate of drug-likeness (QED) is 0.452. The van der Waals surface area contributed by atoms with Crippen LogP contribution in [0.2, 0.25) is 0 Å². The zero-order valence-corrected chi connectivity index (χ0v) is 13.4. The van der Waals surface area contributed by atoms with E-state index < -0.39 is 41.3 Å². The van der Waals surface area contributed by atoms with Gasteiger partial charge in [-0.2, -0.15) is 0 Å². The zero-order chi connectivity index (χ0) is 17.5. The fourth-order valence-electron chi connectivity index (χ4n) is 2.62. The van der Waals surface area contributed by atoms with Gasteiger partial charge in [0.2, 0.25) is 0 Å². The molecule has 0 bridgehead atoms. The number of rotatable bonds is 10. The topological polar surface area (TPSA) is 60.7 Å². The molecule has 0 saturated heterocycles. The maximum atomic E-state index is 13.7. The van der Waals surface area contributed by atoms with Crippen LogP contribution in [0, 0.1) is 23.4 Å². The van der Waals surface area contributed by atoms with Crippen LogP contribution in [0.4, 0.5) is 13.2 Å². The van der Waals surface area contributed by atoms with Gasteiger partial charge in [-0.3, -0.25) is 0 Å². The zero-order valence-electron chi connectivity index (χ0n) is 13.4. The molecular weight excluding hydrogens is 309 g/mol. The van der Waals surface area contributed by atoms with Crippen LogP contribution in [0.3, 0.4) is 0 Å². The summed E-state index contributed by atoms with van der Waals surface area (Å²) in [6.07, 6.45) is 5.50. The molecule has 0 amide bonds. The molecule has 132 valence electrons. The molecule has 1 aromatic rings. The van der Waals surface area contributed by atoms with E-state index in [4.69, 9.17) is 0 Å². The Labute approximate surface area is 134 Å². The number of halogens is 3. The lowest BCUT2D eigenvalue weighted by Crippen LogP contribution is -2.39. The summed E-state index contributed by atoms with van der Waals surface area (Å²) in [5, 5.41) is 28.2. The van der Waals surface area contributed by atoms with Gasteiger partial charge in [0.1, 0.15) is 17.5 Å². The maximum Gasteiger partial charge on any atom is 0.278 e. The van der Waals surface area contributed by atoms with Gasteiger partial charge >= 0.3 is 0 Å². The number of benzene rings is 1. The Kier molecular flexibility index (Phi) is 8.02. The van der Waals surface area contributed by atoms with Gasteiger partial charge in [0.25, 0.3) is 5.97 Å². The Hall–Kier alpha value is -1.11. The Balaban J connectivity index is 2.66. The summed E-state index contributed by atoms with van der Waals surface area (Å²) in [5.41, 5.74) is -0.455. The Morgan fingerprint density at radius 1 is 0.913 bits per heavy atom. The van der Waals surface area contributed by atoms with Crippen molar-refractivity contribution in [3.8, 4) is 0 Å². The van der Waals surface area contributed by atoms with Crippen molar-refractivity contribution in [2.24, 2.45) is 5.92 Å². The summed E-state index contributed by atoms with van der Waals surface area (Å²) < 4.78 is 40.2. The highest BCUT2D eigenvalue weighted by molar-refractivity contribution is 5.21. The lowest BCUT2D eigenvalue weighted by atomic mass is 9.90. The Bertz CT molecular complexity index is 463. The van der Waals surface area contributed by atoms with Crippen molar-refractivity contribution in [1.82, 2.24) is 0 Å². The SMILES string of the molecule is CCCCCCCCC(Cc1c(F)cc(F)cc1F)C(O)(O)O. The lowest BCUT2D eigenvalue weighted by Gasteiger charge is -2.26. The van der Waals surface area contributed by atoms with Crippen molar-refractivity contribution in [1.29, 1.82) is 0 Å². The number of hydrogen-bond donors (Lipinski definition) is 3. The predicted molar refractivity (Wildman–Crippen MR) is 80.9 cm³/mol. The van der Waals surface area contributed by atoms with Crippen LogP contribution in [0.15, 0.2) is 12.1 Å². The lowest BCUT2D eigenvalue weighted by molar-refractivity contribution is -0.343. The van der Waals surface area contributed by atoms with E-state index in [2.05, 4.69) is 6.92 Å². The van der Waals surface area contributed by atoms with E-state index >= 15 is 0 Å². The molecule has 1 atom stereocenters. The second-order valence-electron chi connectivity index (χ2n) is 5.99. The van der Waals surface area contributed by atoms with Crippen LogP contribution >= 0.6 is 0 Å². The summed E-state index contributed by atoms with van der Waals surface area (Å²) in [4.78, 5) is 0. The molecular formula is C17H25F3O3. The number of unbranched alkanes of at least 4 members (excludes halogenated alkanes) is 5. The van der Waals surface area contributed by atoms with Crippen LogP contribution in [-0.2, 0) is 6.42 Å². The Morgan fingerprint density at radius 3 is 1.96 bits per heavy atom. The minimum absolute atomic E-state index is 0.200. The molecule has 0 aliphatic heterocycles. The van der Waals surface area contributed by atoms with Gasteiger partial charge in [0, 0.05) is 23.6 Å². The monoisotopic (exact) mass is 334 g/mol. The molecule has 0 saturated carbocycles. The van der Waals surface area contributed by atoms with Crippen LogP contribution in [0.5, 0.6) is 0 Å². The van der Waals surface area contributed by atoms with Crippen molar-refractivity contribution < 1.29 is 28.5 Å². The first kappa shape index (κ1) is 19.9. The predicted octanol–water partition coefficient (Wildman–Crippen LogP) is 3.64. The fourth-order valence-corrected chi connectivity index (χ4v) is 2.62. The minimum Gasteiger partial charge on any atom is -0.343 e. The van der Waals surface area contributed by atoms with Crippen LogP contribution < -0.4 is 0 Å². The average molecular weight is 334 g/mol. The van der Waals surface area contributed by atoms with Crippen LogP contribution in [0.1, 0.15) is 57.4 Å². The maximum absolute atomic E-state index is 13.7. The molecule has 3 nitrogen and oxygen atoms in total. The van der Waals surface area contributed by atoms with E-state index in [0.29, 0.717) is 18.6 Å². The van der Waals surface area contributed by atoms with Crippen LogP contribution in [-0.4, -0.2) is 21.3 Å². The van der Waals surface area contributed by atoms with Gasteiger partial charge in [-0.25, -0.2) is 13.2 Å². The Morgan fingerprint density at radius 2 is 1.43 bits per heavy atom. The normalized spacial score (nSPS) is 13.3. The van der Waals surface area contributed by atoms with E-state index in [1.807, 2.05) is 0 Å². The number of hydrogen-bond acceptors (Lipinski definition) is 3. The molecule has 0 aromatic heterocycles. The van der Waals surface area contributed by atoms with Crippen molar-refractivity contribution >= 4 is 0 Å². The first-order chi connectivity index (χ1) is 10.8. The van der Waals surface area contributed by atoms with E-state index in [1.54, 1.807) is 0 Å². The standard InChI is InChI=1S/C17H25F3O3/c1-2-3-4-5-6-7-8-12(17(21,22)23)9-14-15(19)10-13(18)11-16(14)20/h10-12,21-23H,2-9H2,1H3. The summed E-state index contributed by atoms with van der Waals surface area (Å²) >= 11 is 0. The second-order valence-corrected chi connectivity index (χ2v) is 5.99. The molecule has 1 unspecified atom stereocenters.